The van der Waals surface area contributed by atoms with Crippen molar-refractivity contribution in [3.8, 4) is 17.1 Å². The van der Waals surface area contributed by atoms with Crippen LogP contribution in [0.5, 0.6) is 0 Å². The second kappa shape index (κ2) is 9.18. The highest BCUT2D eigenvalue weighted by molar-refractivity contribution is 7.99. The number of amides is 1. The zero-order valence-electron chi connectivity index (χ0n) is 17.8. The third-order valence-electron chi connectivity index (χ3n) is 4.95. The number of anilines is 1. The van der Waals surface area contributed by atoms with Gasteiger partial charge in [-0.1, -0.05) is 78.0 Å². The Labute approximate surface area is 186 Å². The number of aryl methyl sites for hydroxylation is 3. The molecule has 0 fully saturated rings. The van der Waals surface area contributed by atoms with Crippen LogP contribution in [-0.2, 0) is 4.79 Å². The highest BCUT2D eigenvalue weighted by atomic mass is 32.2. The number of carbonyl (C=O) groups is 1. The predicted molar refractivity (Wildman–Crippen MR) is 127 cm³/mol. The van der Waals surface area contributed by atoms with Gasteiger partial charge in [-0.05, 0) is 44.0 Å². The van der Waals surface area contributed by atoms with Crippen molar-refractivity contribution in [2.45, 2.75) is 25.9 Å². The summed E-state index contributed by atoms with van der Waals surface area (Å²) in [6, 6.07) is 24.1. The summed E-state index contributed by atoms with van der Waals surface area (Å²) < 4.78 is 2.00. The van der Waals surface area contributed by atoms with E-state index in [0.29, 0.717) is 5.16 Å². The van der Waals surface area contributed by atoms with E-state index in [9.17, 15) is 4.79 Å². The maximum atomic E-state index is 12.7. The van der Waals surface area contributed by atoms with Gasteiger partial charge < -0.3 is 5.32 Å². The average Bonchev–Trinajstić information content (AvgIpc) is 3.20. The number of rotatable bonds is 6. The number of nitrogens with zero attached hydrogens (tertiary/aromatic N) is 3. The van der Waals surface area contributed by atoms with Crippen molar-refractivity contribution >= 4 is 23.4 Å². The van der Waals surface area contributed by atoms with Crippen LogP contribution in [0.2, 0.25) is 0 Å². The predicted octanol–water partition coefficient (Wildman–Crippen LogP) is 5.59. The number of thioether (sulfide) groups is 1. The molecule has 156 valence electrons. The molecule has 3 aromatic carbocycles. The summed E-state index contributed by atoms with van der Waals surface area (Å²) in [5, 5.41) is 12.5. The zero-order valence-corrected chi connectivity index (χ0v) is 18.6. The third-order valence-corrected chi connectivity index (χ3v) is 5.88. The Morgan fingerprint density at radius 1 is 0.903 bits per heavy atom. The van der Waals surface area contributed by atoms with Crippen molar-refractivity contribution in [2.24, 2.45) is 0 Å². The quantitative estimate of drug-likeness (QED) is 0.407. The van der Waals surface area contributed by atoms with Crippen LogP contribution >= 0.6 is 11.8 Å². The van der Waals surface area contributed by atoms with Gasteiger partial charge in [-0.25, -0.2) is 0 Å². The van der Waals surface area contributed by atoms with E-state index in [0.717, 1.165) is 33.9 Å². The number of para-hydroxylation sites is 1. The minimum Gasteiger partial charge on any atom is -0.325 e. The molecule has 0 saturated heterocycles. The van der Waals surface area contributed by atoms with Crippen LogP contribution in [0.1, 0.15) is 16.7 Å². The van der Waals surface area contributed by atoms with Crippen molar-refractivity contribution < 1.29 is 4.79 Å². The zero-order chi connectivity index (χ0) is 21.8. The molecule has 0 aliphatic heterocycles. The lowest BCUT2D eigenvalue weighted by atomic mass is 10.1. The fourth-order valence-corrected chi connectivity index (χ4v) is 4.38. The van der Waals surface area contributed by atoms with Gasteiger partial charge in [0.05, 0.1) is 5.75 Å². The summed E-state index contributed by atoms with van der Waals surface area (Å²) in [6.07, 6.45) is 0. The summed E-state index contributed by atoms with van der Waals surface area (Å²) in [5.41, 5.74) is 6.13. The minimum absolute atomic E-state index is 0.0658. The molecule has 0 bridgehead atoms. The molecule has 1 N–H and O–H groups in total. The Hall–Kier alpha value is -3.38. The van der Waals surface area contributed by atoms with Crippen molar-refractivity contribution in [2.75, 3.05) is 11.1 Å². The van der Waals surface area contributed by atoms with E-state index in [4.69, 9.17) is 0 Å². The Kier molecular flexibility index (Phi) is 6.18. The molecule has 0 spiro atoms. The van der Waals surface area contributed by atoms with Crippen LogP contribution in [0.25, 0.3) is 17.1 Å². The molecule has 4 aromatic rings. The van der Waals surface area contributed by atoms with E-state index >= 15 is 0 Å². The number of hydrogen-bond donors (Lipinski definition) is 1. The van der Waals surface area contributed by atoms with Gasteiger partial charge in [-0.15, -0.1) is 10.2 Å². The van der Waals surface area contributed by atoms with E-state index < -0.39 is 0 Å². The standard InChI is InChI=1S/C25H24N4OS/c1-17-14-18(2)23(19(3)15-17)26-22(30)16-31-25-28-27-24(20-10-6-4-7-11-20)29(25)21-12-8-5-9-13-21/h4-15H,16H2,1-3H3,(H,26,30). The minimum atomic E-state index is -0.0658. The van der Waals surface area contributed by atoms with Gasteiger partial charge in [0, 0.05) is 16.9 Å². The van der Waals surface area contributed by atoms with Crippen LogP contribution in [-0.4, -0.2) is 26.4 Å². The van der Waals surface area contributed by atoms with Gasteiger partial charge in [-0.3, -0.25) is 9.36 Å². The van der Waals surface area contributed by atoms with Crippen molar-refractivity contribution in [3.05, 3.63) is 89.5 Å². The summed E-state index contributed by atoms with van der Waals surface area (Å²) in [7, 11) is 0. The van der Waals surface area contributed by atoms with Crippen LogP contribution in [0, 0.1) is 20.8 Å². The van der Waals surface area contributed by atoms with E-state index in [1.165, 1.54) is 17.3 Å². The molecule has 31 heavy (non-hydrogen) atoms. The second-order valence-electron chi connectivity index (χ2n) is 7.45. The van der Waals surface area contributed by atoms with E-state index in [1.54, 1.807) is 0 Å². The van der Waals surface area contributed by atoms with Gasteiger partial charge in [0.2, 0.25) is 5.91 Å². The van der Waals surface area contributed by atoms with Crippen LogP contribution in [0.3, 0.4) is 0 Å². The molecular formula is C25H24N4OS. The molecule has 1 aromatic heterocycles. The number of carbonyl (C=O) groups excluding carboxylic acids is 1. The molecule has 0 saturated carbocycles. The fourth-order valence-electron chi connectivity index (χ4n) is 3.63. The first-order chi connectivity index (χ1) is 15.0. The normalized spacial score (nSPS) is 10.8. The number of benzene rings is 3. The van der Waals surface area contributed by atoms with Gasteiger partial charge >= 0.3 is 0 Å². The summed E-state index contributed by atoms with van der Waals surface area (Å²) >= 11 is 1.38. The lowest BCUT2D eigenvalue weighted by Crippen LogP contribution is -2.16. The van der Waals surface area contributed by atoms with E-state index in [-0.39, 0.29) is 11.7 Å². The molecule has 4 rings (SSSR count). The smallest absolute Gasteiger partial charge is 0.234 e. The first-order valence-electron chi connectivity index (χ1n) is 10.1. The van der Waals surface area contributed by atoms with Gasteiger partial charge in [0.1, 0.15) is 0 Å². The molecular weight excluding hydrogens is 404 g/mol. The highest BCUT2D eigenvalue weighted by Gasteiger charge is 2.17. The van der Waals surface area contributed by atoms with Gasteiger partial charge in [0.15, 0.2) is 11.0 Å². The Balaban J connectivity index is 1.58. The molecule has 6 heteroatoms. The Bertz CT molecular complexity index is 1180. The maximum absolute atomic E-state index is 12.7. The third kappa shape index (κ3) is 4.70. The van der Waals surface area contributed by atoms with E-state index in [2.05, 4.69) is 34.6 Å². The fraction of sp³-hybridized carbons (Fsp3) is 0.160. The summed E-state index contributed by atoms with van der Waals surface area (Å²) in [4.78, 5) is 12.7. The molecule has 0 atom stereocenters. The molecule has 0 aliphatic rings. The lowest BCUT2D eigenvalue weighted by Gasteiger charge is -2.13. The van der Waals surface area contributed by atoms with Gasteiger partial charge in [0.25, 0.3) is 0 Å². The van der Waals surface area contributed by atoms with Crippen molar-refractivity contribution in [3.63, 3.8) is 0 Å². The molecule has 0 unspecified atom stereocenters. The Morgan fingerprint density at radius 3 is 2.16 bits per heavy atom. The molecule has 5 nitrogen and oxygen atoms in total. The second-order valence-corrected chi connectivity index (χ2v) is 8.40. The number of hydrogen-bond acceptors (Lipinski definition) is 4. The summed E-state index contributed by atoms with van der Waals surface area (Å²) in [5.74, 6) is 0.927. The lowest BCUT2D eigenvalue weighted by molar-refractivity contribution is -0.113. The number of nitrogens with one attached hydrogen (secondary N) is 1. The van der Waals surface area contributed by atoms with Crippen LogP contribution < -0.4 is 5.32 Å². The molecule has 0 radical (unpaired) electrons. The first-order valence-corrected chi connectivity index (χ1v) is 11.1. The number of aromatic nitrogens is 3. The topological polar surface area (TPSA) is 59.8 Å². The van der Waals surface area contributed by atoms with Crippen LogP contribution in [0.15, 0.2) is 78.0 Å². The Morgan fingerprint density at radius 2 is 1.52 bits per heavy atom. The SMILES string of the molecule is Cc1cc(C)c(NC(=O)CSc2nnc(-c3ccccc3)n2-c2ccccc2)c(C)c1. The maximum Gasteiger partial charge on any atom is 0.234 e. The first kappa shape index (κ1) is 20.9. The molecule has 1 amide bonds. The molecule has 1 heterocycles. The van der Waals surface area contributed by atoms with E-state index in [1.807, 2.05) is 79.1 Å². The van der Waals surface area contributed by atoms with Crippen molar-refractivity contribution in [1.82, 2.24) is 14.8 Å². The summed E-state index contributed by atoms with van der Waals surface area (Å²) in [6.45, 7) is 6.09. The van der Waals surface area contributed by atoms with Crippen LogP contribution in [0.4, 0.5) is 5.69 Å². The molecule has 0 aliphatic carbocycles. The van der Waals surface area contributed by atoms with Crippen molar-refractivity contribution in [1.29, 1.82) is 0 Å². The van der Waals surface area contributed by atoms with Gasteiger partial charge in [-0.2, -0.15) is 0 Å². The monoisotopic (exact) mass is 428 g/mol. The highest BCUT2D eigenvalue weighted by Crippen LogP contribution is 2.28. The largest absolute Gasteiger partial charge is 0.325 e. The average molecular weight is 429 g/mol.